The Kier molecular flexibility index (Phi) is 6.50. The summed E-state index contributed by atoms with van der Waals surface area (Å²) in [5.41, 5.74) is 13.0. The van der Waals surface area contributed by atoms with Gasteiger partial charge in [0.2, 0.25) is 0 Å². The molecule has 0 spiro atoms. The minimum absolute atomic E-state index is 0.186. The zero-order valence-electron chi connectivity index (χ0n) is 25.4. The highest BCUT2D eigenvalue weighted by molar-refractivity contribution is 5.92. The first-order valence-electron chi connectivity index (χ1n) is 15.6. The number of rotatable bonds is 4. The van der Waals surface area contributed by atoms with Gasteiger partial charge in [0.1, 0.15) is 0 Å². The molecule has 6 aromatic rings. The van der Waals surface area contributed by atoms with Gasteiger partial charge in [-0.1, -0.05) is 123 Å². The molecule has 1 aliphatic heterocycles. The molecule has 2 nitrogen and oxygen atoms in total. The van der Waals surface area contributed by atoms with Crippen molar-refractivity contribution in [3.63, 3.8) is 0 Å². The molecule has 8 rings (SSSR count). The van der Waals surface area contributed by atoms with Crippen LogP contribution in [0.25, 0.3) is 39.4 Å². The molecule has 0 saturated carbocycles. The summed E-state index contributed by atoms with van der Waals surface area (Å²) in [5, 5.41) is 1.32. The molecule has 1 aliphatic carbocycles. The molecule has 2 heteroatoms. The first-order chi connectivity index (χ1) is 22.1. The predicted molar refractivity (Wildman–Crippen MR) is 191 cm³/mol. The second-order valence-electron chi connectivity index (χ2n) is 12.2. The van der Waals surface area contributed by atoms with Crippen LogP contribution in [0.2, 0.25) is 0 Å². The molecule has 5 aromatic carbocycles. The number of nitrogens with zero attached hydrogens (tertiary/aromatic N) is 2. The maximum Gasteiger partial charge on any atom is 0.0537 e. The molecule has 45 heavy (non-hydrogen) atoms. The van der Waals surface area contributed by atoms with Gasteiger partial charge in [-0.2, -0.15) is 0 Å². The molecular weight excluding hydrogens is 544 g/mol. The average molecular weight is 579 g/mol. The number of benzene rings is 5. The zero-order chi connectivity index (χ0) is 30.4. The highest BCUT2D eigenvalue weighted by Crippen LogP contribution is 2.44. The van der Waals surface area contributed by atoms with Crippen LogP contribution < -0.4 is 4.90 Å². The van der Waals surface area contributed by atoms with E-state index < -0.39 is 0 Å². The largest absolute Gasteiger partial charge is 0.317 e. The number of hydrogen-bond donors (Lipinski definition) is 0. The van der Waals surface area contributed by atoms with E-state index in [4.69, 9.17) is 0 Å². The molecule has 1 aromatic heterocycles. The van der Waals surface area contributed by atoms with Gasteiger partial charge >= 0.3 is 0 Å². The molecule has 0 fully saturated rings. The maximum atomic E-state index is 4.44. The minimum Gasteiger partial charge on any atom is -0.317 e. The Morgan fingerprint density at radius 1 is 0.667 bits per heavy atom. The monoisotopic (exact) mass is 578 g/mol. The summed E-state index contributed by atoms with van der Waals surface area (Å²) in [6.45, 7) is 6.81. The van der Waals surface area contributed by atoms with Crippen molar-refractivity contribution < 1.29 is 0 Å². The standard InChI is InChI=1S/C43H34N2/c1-31-14-11-12-27-44(36-20-13-17-33(28-36)32-15-5-3-6-16-32)42-29-34(23-24-37(31)42)43(2)26-25-41-39(30-43)38-21-9-10-22-40(38)45(41)35-18-7-4-8-19-35/h3-29H,1,30H2,2H3/b14-11-,27-12-. The summed E-state index contributed by atoms with van der Waals surface area (Å²) in [6.07, 6.45) is 14.1. The quantitative estimate of drug-likeness (QED) is 0.202. The maximum absolute atomic E-state index is 4.44. The van der Waals surface area contributed by atoms with Crippen LogP contribution in [0.1, 0.15) is 29.3 Å². The molecule has 0 amide bonds. The molecule has 2 heterocycles. The lowest BCUT2D eigenvalue weighted by Gasteiger charge is -2.33. The second kappa shape index (κ2) is 10.8. The van der Waals surface area contributed by atoms with Gasteiger partial charge in [-0.05, 0) is 82.8 Å². The Labute approximate surface area is 265 Å². The van der Waals surface area contributed by atoms with E-state index >= 15 is 0 Å². The van der Waals surface area contributed by atoms with Crippen LogP contribution in [0.4, 0.5) is 11.4 Å². The number of allylic oxidation sites excluding steroid dienone is 5. The number of anilines is 2. The third-order valence-electron chi connectivity index (χ3n) is 9.33. The third kappa shape index (κ3) is 4.67. The van der Waals surface area contributed by atoms with E-state index in [2.05, 4.69) is 187 Å². The van der Waals surface area contributed by atoms with E-state index in [1.807, 2.05) is 0 Å². The van der Waals surface area contributed by atoms with Crippen molar-refractivity contribution >= 4 is 33.9 Å². The lowest BCUT2D eigenvalue weighted by molar-refractivity contribution is 0.588. The SMILES string of the molecule is C=C1/C=C\C=C/N(c2cccc(-c3ccccc3)c2)c2cc(C3(C)C=Cc4c(c5ccccc5n4-c4ccccc4)C3)ccc21. The summed E-state index contributed by atoms with van der Waals surface area (Å²) in [5.74, 6) is 0. The normalized spacial score (nSPS) is 18.6. The van der Waals surface area contributed by atoms with Crippen molar-refractivity contribution in [1.82, 2.24) is 4.57 Å². The van der Waals surface area contributed by atoms with E-state index in [0.29, 0.717) is 0 Å². The first-order valence-corrected chi connectivity index (χ1v) is 15.6. The molecule has 1 unspecified atom stereocenters. The van der Waals surface area contributed by atoms with Crippen molar-refractivity contribution in [1.29, 1.82) is 0 Å². The van der Waals surface area contributed by atoms with Crippen molar-refractivity contribution in [2.75, 3.05) is 4.90 Å². The van der Waals surface area contributed by atoms with Crippen LogP contribution in [-0.2, 0) is 11.8 Å². The molecule has 1 atom stereocenters. The highest BCUT2D eigenvalue weighted by atomic mass is 15.1. The molecule has 0 bridgehead atoms. The highest BCUT2D eigenvalue weighted by Gasteiger charge is 2.32. The predicted octanol–water partition coefficient (Wildman–Crippen LogP) is 11.1. The lowest BCUT2D eigenvalue weighted by atomic mass is 9.73. The average Bonchev–Trinajstić information content (AvgIpc) is 3.41. The Hall–Kier alpha value is -5.60. The van der Waals surface area contributed by atoms with Crippen LogP contribution in [0, 0.1) is 0 Å². The summed E-state index contributed by atoms with van der Waals surface area (Å²) < 4.78 is 2.41. The van der Waals surface area contributed by atoms with Gasteiger partial charge in [0, 0.05) is 39.6 Å². The summed E-state index contributed by atoms with van der Waals surface area (Å²) in [6, 6.07) is 45.8. The topological polar surface area (TPSA) is 8.17 Å². The third-order valence-corrected chi connectivity index (χ3v) is 9.33. The summed E-state index contributed by atoms with van der Waals surface area (Å²) in [7, 11) is 0. The molecular formula is C43H34N2. The van der Waals surface area contributed by atoms with Gasteiger partial charge in [-0.3, -0.25) is 0 Å². The minimum atomic E-state index is -0.186. The number of aromatic nitrogens is 1. The molecule has 0 radical (unpaired) electrons. The molecule has 216 valence electrons. The van der Waals surface area contributed by atoms with Crippen LogP contribution in [0.3, 0.4) is 0 Å². The van der Waals surface area contributed by atoms with Gasteiger partial charge in [0.15, 0.2) is 0 Å². The van der Waals surface area contributed by atoms with Crippen LogP contribution in [0.15, 0.2) is 164 Å². The zero-order valence-corrected chi connectivity index (χ0v) is 25.4. The Morgan fingerprint density at radius 2 is 1.40 bits per heavy atom. The van der Waals surface area contributed by atoms with Gasteiger partial charge in [-0.25, -0.2) is 0 Å². The Bertz CT molecular complexity index is 2160. The van der Waals surface area contributed by atoms with Gasteiger partial charge in [0.05, 0.1) is 11.2 Å². The van der Waals surface area contributed by atoms with E-state index in [-0.39, 0.29) is 5.41 Å². The van der Waals surface area contributed by atoms with Crippen molar-refractivity contribution in [2.45, 2.75) is 18.8 Å². The number of para-hydroxylation sites is 2. The molecule has 0 saturated heterocycles. The first kappa shape index (κ1) is 27.0. The lowest BCUT2D eigenvalue weighted by Crippen LogP contribution is -2.26. The smallest absolute Gasteiger partial charge is 0.0537 e. The second-order valence-corrected chi connectivity index (χ2v) is 12.2. The van der Waals surface area contributed by atoms with E-state index in [9.17, 15) is 0 Å². The van der Waals surface area contributed by atoms with E-state index in [1.165, 1.54) is 44.5 Å². The van der Waals surface area contributed by atoms with E-state index in [1.54, 1.807) is 0 Å². The van der Waals surface area contributed by atoms with Gasteiger partial charge < -0.3 is 9.47 Å². The summed E-state index contributed by atoms with van der Waals surface area (Å²) in [4.78, 5) is 2.31. The van der Waals surface area contributed by atoms with E-state index in [0.717, 1.165) is 28.9 Å². The van der Waals surface area contributed by atoms with Gasteiger partial charge in [0.25, 0.3) is 0 Å². The molecule has 2 aliphatic rings. The number of fused-ring (bicyclic) bond motifs is 4. The summed E-state index contributed by atoms with van der Waals surface area (Å²) >= 11 is 0. The van der Waals surface area contributed by atoms with Gasteiger partial charge in [-0.15, -0.1) is 0 Å². The Morgan fingerprint density at radius 3 is 2.24 bits per heavy atom. The van der Waals surface area contributed by atoms with Crippen LogP contribution in [-0.4, -0.2) is 4.57 Å². The van der Waals surface area contributed by atoms with Crippen molar-refractivity contribution in [3.05, 3.63) is 187 Å². The van der Waals surface area contributed by atoms with Crippen molar-refractivity contribution in [2.24, 2.45) is 0 Å². The van der Waals surface area contributed by atoms with Crippen molar-refractivity contribution in [3.8, 4) is 16.8 Å². The fourth-order valence-corrected chi connectivity index (χ4v) is 6.96. The fourth-order valence-electron chi connectivity index (χ4n) is 6.96. The fraction of sp³-hybridized carbons (Fsp3) is 0.0698. The Balaban J connectivity index is 1.25. The van der Waals surface area contributed by atoms with Crippen LogP contribution >= 0.6 is 0 Å². The van der Waals surface area contributed by atoms with Crippen LogP contribution in [0.5, 0.6) is 0 Å². The molecule has 0 N–H and O–H groups in total. The number of hydrogen-bond acceptors (Lipinski definition) is 1.